The van der Waals surface area contributed by atoms with Crippen molar-refractivity contribution in [1.82, 2.24) is 14.9 Å². The van der Waals surface area contributed by atoms with Crippen molar-refractivity contribution in [2.24, 2.45) is 5.92 Å². The lowest BCUT2D eigenvalue weighted by molar-refractivity contribution is -0.128. The molecule has 2 amide bonds. The number of fused-ring (bicyclic) bond motifs is 1. The van der Waals surface area contributed by atoms with E-state index in [4.69, 9.17) is 11.5 Å². The van der Waals surface area contributed by atoms with E-state index in [-0.39, 0.29) is 24.3 Å². The quantitative estimate of drug-likeness (QED) is 0.375. The van der Waals surface area contributed by atoms with E-state index in [9.17, 15) is 14.7 Å². The van der Waals surface area contributed by atoms with Crippen LogP contribution in [0.3, 0.4) is 0 Å². The first-order valence-electron chi connectivity index (χ1n) is 12.6. The third-order valence-electron chi connectivity index (χ3n) is 6.92. The van der Waals surface area contributed by atoms with Crippen LogP contribution in [-0.2, 0) is 24.1 Å². The molecule has 2 aromatic carbocycles. The molecule has 9 heteroatoms. The zero-order chi connectivity index (χ0) is 26.7. The predicted octanol–water partition coefficient (Wildman–Crippen LogP) is 4.37. The van der Waals surface area contributed by atoms with E-state index in [1.807, 2.05) is 57.2 Å². The van der Waals surface area contributed by atoms with Gasteiger partial charge >= 0.3 is 6.09 Å². The molecule has 1 aromatic heterocycles. The van der Waals surface area contributed by atoms with Crippen LogP contribution in [0.5, 0.6) is 0 Å². The normalized spacial score (nSPS) is 16.8. The third-order valence-corrected chi connectivity index (χ3v) is 6.92. The van der Waals surface area contributed by atoms with Gasteiger partial charge in [0.2, 0.25) is 5.95 Å². The van der Waals surface area contributed by atoms with E-state index >= 15 is 0 Å². The van der Waals surface area contributed by atoms with Crippen LogP contribution in [0.1, 0.15) is 44.0 Å². The maximum Gasteiger partial charge on any atom is 0.408 e. The van der Waals surface area contributed by atoms with Crippen LogP contribution in [0.15, 0.2) is 48.5 Å². The number of hydrogen-bond donors (Lipinski definition) is 4. The number of nitrogens with two attached hydrogens (primary N) is 2. The Morgan fingerprint density at radius 2 is 1.76 bits per heavy atom. The molecule has 0 fully saturated rings. The summed E-state index contributed by atoms with van der Waals surface area (Å²) in [6.07, 6.45) is 0.901. The van der Waals surface area contributed by atoms with Gasteiger partial charge in [-0.05, 0) is 54.0 Å². The van der Waals surface area contributed by atoms with E-state index in [0.29, 0.717) is 42.8 Å². The van der Waals surface area contributed by atoms with Gasteiger partial charge in [-0.25, -0.2) is 9.78 Å². The number of carbonyl (C=O) groups excluding carboxylic acids is 1. The molecule has 1 aliphatic carbocycles. The van der Waals surface area contributed by atoms with Gasteiger partial charge in [-0.1, -0.05) is 57.2 Å². The highest BCUT2D eigenvalue weighted by molar-refractivity contribution is 6.00. The van der Waals surface area contributed by atoms with Crippen molar-refractivity contribution in [3.05, 3.63) is 65.4 Å². The molecule has 37 heavy (non-hydrogen) atoms. The molecule has 0 saturated carbocycles. The molecule has 6 N–H and O–H groups in total. The highest BCUT2D eigenvalue weighted by atomic mass is 16.4. The fourth-order valence-corrected chi connectivity index (χ4v) is 5.15. The van der Waals surface area contributed by atoms with Gasteiger partial charge in [-0.2, -0.15) is 4.98 Å². The number of nitrogens with one attached hydrogen (secondary N) is 1. The Labute approximate surface area is 216 Å². The van der Waals surface area contributed by atoms with E-state index in [1.54, 1.807) is 12.1 Å². The Bertz CT molecular complexity index is 1310. The number of amides is 2. The predicted molar refractivity (Wildman–Crippen MR) is 145 cm³/mol. The second-order valence-corrected chi connectivity index (χ2v) is 9.94. The minimum atomic E-state index is -1.21. The molecule has 0 unspecified atom stereocenters. The molecule has 4 rings (SSSR count). The minimum Gasteiger partial charge on any atom is -0.465 e. The fraction of sp³-hybridized carbons (Fsp3) is 0.357. The number of aryl methyl sites for hydroxylation is 2. The van der Waals surface area contributed by atoms with E-state index in [0.717, 1.165) is 22.4 Å². The molecular formula is C28H34N6O3. The number of nitrogen functional groups attached to an aromatic ring is 2. The Balaban J connectivity index is 1.66. The zero-order valence-electron chi connectivity index (χ0n) is 21.5. The molecule has 1 atom stereocenters. The molecule has 0 aliphatic heterocycles. The summed E-state index contributed by atoms with van der Waals surface area (Å²) in [5, 5.41) is 13.2. The fourth-order valence-electron chi connectivity index (χ4n) is 5.15. The molecular weight excluding hydrogens is 468 g/mol. The van der Waals surface area contributed by atoms with Gasteiger partial charge in [0, 0.05) is 24.2 Å². The lowest BCUT2D eigenvalue weighted by atomic mass is 9.75. The Hall–Kier alpha value is -4.14. The molecule has 0 saturated heterocycles. The van der Waals surface area contributed by atoms with Gasteiger partial charge < -0.3 is 21.9 Å². The van der Waals surface area contributed by atoms with Crippen LogP contribution in [0.25, 0.3) is 11.1 Å². The highest BCUT2D eigenvalue weighted by Gasteiger charge is 2.48. The highest BCUT2D eigenvalue weighted by Crippen LogP contribution is 2.36. The first kappa shape index (κ1) is 25.9. The average Bonchev–Trinajstić information content (AvgIpc) is 2.86. The summed E-state index contributed by atoms with van der Waals surface area (Å²) in [5.41, 5.74) is 15.7. The summed E-state index contributed by atoms with van der Waals surface area (Å²) in [6, 6.07) is 15.2. The number of hydrogen-bond acceptors (Lipinski definition) is 6. The van der Waals surface area contributed by atoms with Crippen molar-refractivity contribution in [3.8, 4) is 11.1 Å². The molecule has 194 valence electrons. The molecule has 9 nitrogen and oxygen atoms in total. The second kappa shape index (κ2) is 10.5. The number of rotatable bonds is 7. The lowest BCUT2D eigenvalue weighted by Crippen LogP contribution is -2.62. The molecule has 3 aromatic rings. The molecule has 0 radical (unpaired) electrons. The van der Waals surface area contributed by atoms with Crippen LogP contribution in [0.2, 0.25) is 0 Å². The van der Waals surface area contributed by atoms with Crippen LogP contribution in [0.4, 0.5) is 22.2 Å². The Morgan fingerprint density at radius 3 is 2.38 bits per heavy atom. The third kappa shape index (κ3) is 5.21. The van der Waals surface area contributed by atoms with Gasteiger partial charge in [-0.15, -0.1) is 0 Å². The van der Waals surface area contributed by atoms with Gasteiger partial charge in [0.25, 0.3) is 5.91 Å². The van der Waals surface area contributed by atoms with Crippen molar-refractivity contribution in [2.75, 3.05) is 23.3 Å². The summed E-state index contributed by atoms with van der Waals surface area (Å²) in [4.78, 5) is 36.1. The van der Waals surface area contributed by atoms with Gasteiger partial charge in [-0.3, -0.25) is 9.69 Å². The van der Waals surface area contributed by atoms with Crippen molar-refractivity contribution in [3.63, 3.8) is 0 Å². The summed E-state index contributed by atoms with van der Waals surface area (Å²) in [6.45, 7) is 6.13. The Morgan fingerprint density at radius 1 is 1.08 bits per heavy atom. The van der Waals surface area contributed by atoms with E-state index in [2.05, 4.69) is 15.3 Å². The second-order valence-electron chi connectivity index (χ2n) is 9.94. The smallest absolute Gasteiger partial charge is 0.408 e. The average molecular weight is 503 g/mol. The van der Waals surface area contributed by atoms with E-state index < -0.39 is 11.6 Å². The van der Waals surface area contributed by atoms with E-state index in [1.165, 1.54) is 4.90 Å². The van der Waals surface area contributed by atoms with Crippen LogP contribution in [-0.4, -0.2) is 44.1 Å². The zero-order valence-corrected chi connectivity index (χ0v) is 21.5. The number of benzene rings is 2. The number of anilines is 3. The maximum atomic E-state index is 13.9. The van der Waals surface area contributed by atoms with Gasteiger partial charge in [0.05, 0.1) is 5.69 Å². The SMILES string of the molecule is CCc1nc(N)nc(N)c1-c1ccc(NC(=O)[C@]2(N(CC(C)C)C(=O)O)CCc3ccccc3C2)cc1. The van der Waals surface area contributed by atoms with Crippen molar-refractivity contribution in [2.45, 2.75) is 52.0 Å². The first-order valence-corrected chi connectivity index (χ1v) is 12.6. The topological polar surface area (TPSA) is 147 Å². The minimum absolute atomic E-state index is 0.0672. The lowest BCUT2D eigenvalue weighted by Gasteiger charge is -2.44. The Kier molecular flexibility index (Phi) is 7.33. The molecule has 0 bridgehead atoms. The van der Waals surface area contributed by atoms with Crippen LogP contribution < -0.4 is 16.8 Å². The first-order chi connectivity index (χ1) is 17.6. The molecule has 1 heterocycles. The summed E-state index contributed by atoms with van der Waals surface area (Å²) >= 11 is 0. The van der Waals surface area contributed by atoms with Gasteiger partial charge in [0.15, 0.2) is 0 Å². The van der Waals surface area contributed by atoms with Crippen LogP contribution in [0, 0.1) is 5.92 Å². The molecule has 0 spiro atoms. The number of carbonyl (C=O) groups is 2. The summed E-state index contributed by atoms with van der Waals surface area (Å²) < 4.78 is 0. The number of nitrogens with zero attached hydrogens (tertiary/aromatic N) is 3. The largest absolute Gasteiger partial charge is 0.465 e. The summed E-state index contributed by atoms with van der Waals surface area (Å²) in [7, 11) is 0. The standard InChI is InChI=1S/C28H34N6O3/c1-4-22-23(24(29)33-26(30)32-22)19-9-11-21(12-10-19)31-25(35)28(34(27(36)37)16-17(2)3)14-13-18-7-5-6-8-20(18)15-28/h5-12,17H,4,13-16H2,1-3H3,(H,31,35)(H,36,37)(H4,29,30,32,33)/t28-/m0/s1. The summed E-state index contributed by atoms with van der Waals surface area (Å²) in [5.74, 6) is 0.164. The van der Waals surface area contributed by atoms with Crippen molar-refractivity contribution >= 4 is 29.5 Å². The van der Waals surface area contributed by atoms with Crippen molar-refractivity contribution < 1.29 is 14.7 Å². The number of aromatic nitrogens is 2. The van der Waals surface area contributed by atoms with Gasteiger partial charge in [0.1, 0.15) is 11.4 Å². The van der Waals surface area contributed by atoms with Crippen LogP contribution >= 0.6 is 0 Å². The maximum absolute atomic E-state index is 13.9. The van der Waals surface area contributed by atoms with Crippen molar-refractivity contribution in [1.29, 1.82) is 0 Å². The molecule has 1 aliphatic rings. The number of carboxylic acid groups (broad SMARTS) is 1. The monoisotopic (exact) mass is 502 g/mol.